The SMILES string of the molecule is O=C(NCc1ccccc1Cl)C1CC(=O)N(c2ccc(F)cc2F)C1. The van der Waals surface area contributed by atoms with E-state index >= 15 is 0 Å². The second-order valence-corrected chi connectivity index (χ2v) is 6.22. The summed E-state index contributed by atoms with van der Waals surface area (Å²) in [5, 5.41) is 3.28. The minimum absolute atomic E-state index is 0.0206. The van der Waals surface area contributed by atoms with E-state index in [9.17, 15) is 18.4 Å². The lowest BCUT2D eigenvalue weighted by Crippen LogP contribution is -2.32. The summed E-state index contributed by atoms with van der Waals surface area (Å²) >= 11 is 6.04. The predicted octanol–water partition coefficient (Wildman–Crippen LogP) is 3.29. The van der Waals surface area contributed by atoms with Crippen LogP contribution in [0.25, 0.3) is 0 Å². The fourth-order valence-electron chi connectivity index (χ4n) is 2.78. The normalized spacial score (nSPS) is 17.0. The zero-order valence-electron chi connectivity index (χ0n) is 13.1. The van der Waals surface area contributed by atoms with E-state index in [1.807, 2.05) is 6.07 Å². The second-order valence-electron chi connectivity index (χ2n) is 5.81. The van der Waals surface area contributed by atoms with Gasteiger partial charge in [-0.15, -0.1) is 0 Å². The number of carbonyl (C=O) groups excluding carboxylic acids is 2. The van der Waals surface area contributed by atoms with Gasteiger partial charge < -0.3 is 10.2 Å². The summed E-state index contributed by atoms with van der Waals surface area (Å²) in [5.41, 5.74) is 0.746. The summed E-state index contributed by atoms with van der Waals surface area (Å²) in [6.45, 7) is 0.295. The van der Waals surface area contributed by atoms with Crippen molar-refractivity contribution in [3.63, 3.8) is 0 Å². The van der Waals surface area contributed by atoms with Crippen molar-refractivity contribution in [1.82, 2.24) is 5.32 Å². The molecule has 0 spiro atoms. The van der Waals surface area contributed by atoms with Crippen LogP contribution >= 0.6 is 11.6 Å². The van der Waals surface area contributed by atoms with Crippen molar-refractivity contribution in [3.8, 4) is 0 Å². The van der Waals surface area contributed by atoms with Crippen LogP contribution in [-0.2, 0) is 16.1 Å². The fourth-order valence-corrected chi connectivity index (χ4v) is 2.99. The van der Waals surface area contributed by atoms with E-state index in [0.717, 1.165) is 11.6 Å². The molecule has 1 fully saturated rings. The highest BCUT2D eigenvalue weighted by molar-refractivity contribution is 6.31. The van der Waals surface area contributed by atoms with Gasteiger partial charge in [0, 0.05) is 30.6 Å². The Morgan fingerprint density at radius 3 is 2.72 bits per heavy atom. The molecule has 1 heterocycles. The molecule has 1 aliphatic rings. The third-order valence-corrected chi connectivity index (χ3v) is 4.48. The number of amides is 2. The van der Waals surface area contributed by atoms with Gasteiger partial charge in [0.15, 0.2) is 0 Å². The monoisotopic (exact) mass is 364 g/mol. The molecule has 1 N–H and O–H groups in total. The topological polar surface area (TPSA) is 49.4 Å². The average molecular weight is 365 g/mol. The molecule has 25 heavy (non-hydrogen) atoms. The number of rotatable bonds is 4. The van der Waals surface area contributed by atoms with Gasteiger partial charge in [-0.1, -0.05) is 29.8 Å². The molecular formula is C18H15ClF2N2O2. The van der Waals surface area contributed by atoms with Gasteiger partial charge in [0.2, 0.25) is 11.8 Å². The largest absolute Gasteiger partial charge is 0.352 e. The van der Waals surface area contributed by atoms with Crippen molar-refractivity contribution in [3.05, 3.63) is 64.7 Å². The number of benzene rings is 2. The molecule has 3 rings (SSSR count). The van der Waals surface area contributed by atoms with Crippen LogP contribution in [0.4, 0.5) is 14.5 Å². The molecule has 1 saturated heterocycles. The number of halogens is 3. The minimum atomic E-state index is -0.828. The quantitative estimate of drug-likeness (QED) is 0.905. The van der Waals surface area contributed by atoms with Crippen molar-refractivity contribution in [2.75, 3.05) is 11.4 Å². The Hall–Kier alpha value is -2.47. The molecule has 0 saturated carbocycles. The Labute approximate surface area is 148 Å². The van der Waals surface area contributed by atoms with Gasteiger partial charge in [0.1, 0.15) is 11.6 Å². The highest BCUT2D eigenvalue weighted by atomic mass is 35.5. The third kappa shape index (κ3) is 3.79. The van der Waals surface area contributed by atoms with Gasteiger partial charge in [0.25, 0.3) is 0 Å². The lowest BCUT2D eigenvalue weighted by Gasteiger charge is -2.17. The standard InChI is InChI=1S/C18H15ClF2N2O2/c19-14-4-2-1-3-11(14)9-22-18(25)12-7-17(24)23(10-12)16-6-5-13(20)8-15(16)21/h1-6,8,12H,7,9-10H2,(H,22,25). The van der Waals surface area contributed by atoms with Crippen molar-refractivity contribution in [1.29, 1.82) is 0 Å². The number of nitrogens with one attached hydrogen (secondary N) is 1. The van der Waals surface area contributed by atoms with Gasteiger partial charge in [-0.05, 0) is 23.8 Å². The first-order valence-corrected chi connectivity index (χ1v) is 8.10. The summed E-state index contributed by atoms with van der Waals surface area (Å²) in [6.07, 6.45) is -0.0226. The van der Waals surface area contributed by atoms with Crippen LogP contribution in [-0.4, -0.2) is 18.4 Å². The number of hydrogen-bond donors (Lipinski definition) is 1. The maximum absolute atomic E-state index is 13.9. The van der Waals surface area contributed by atoms with Gasteiger partial charge >= 0.3 is 0 Å². The molecule has 0 aliphatic carbocycles. The highest BCUT2D eigenvalue weighted by Crippen LogP contribution is 2.28. The molecule has 1 unspecified atom stereocenters. The zero-order chi connectivity index (χ0) is 18.0. The van der Waals surface area contributed by atoms with E-state index < -0.39 is 17.6 Å². The lowest BCUT2D eigenvalue weighted by atomic mass is 10.1. The van der Waals surface area contributed by atoms with Crippen LogP contribution in [0.3, 0.4) is 0 Å². The molecule has 2 amide bonds. The number of carbonyl (C=O) groups is 2. The second kappa shape index (κ2) is 7.19. The van der Waals surface area contributed by atoms with Crippen LogP contribution in [0, 0.1) is 17.6 Å². The van der Waals surface area contributed by atoms with Gasteiger partial charge in [-0.3, -0.25) is 9.59 Å². The maximum atomic E-state index is 13.9. The Morgan fingerprint density at radius 1 is 1.24 bits per heavy atom. The van der Waals surface area contributed by atoms with Gasteiger partial charge in [-0.2, -0.15) is 0 Å². The van der Waals surface area contributed by atoms with E-state index in [1.54, 1.807) is 18.2 Å². The molecule has 0 bridgehead atoms. The molecule has 1 aliphatic heterocycles. The van der Waals surface area contributed by atoms with Crippen LogP contribution < -0.4 is 10.2 Å². The van der Waals surface area contributed by atoms with Gasteiger partial charge in [-0.25, -0.2) is 8.78 Å². The van der Waals surface area contributed by atoms with Crippen LogP contribution in [0.15, 0.2) is 42.5 Å². The van der Waals surface area contributed by atoms with Crippen LogP contribution in [0.1, 0.15) is 12.0 Å². The van der Waals surface area contributed by atoms with E-state index in [0.29, 0.717) is 11.1 Å². The summed E-state index contributed by atoms with van der Waals surface area (Å²) in [5.74, 6) is -2.83. The summed E-state index contributed by atoms with van der Waals surface area (Å²) in [6, 6.07) is 10.1. The van der Waals surface area contributed by atoms with Crippen molar-refractivity contribution >= 4 is 29.1 Å². The molecule has 0 radical (unpaired) electrons. The Bertz CT molecular complexity index is 828. The maximum Gasteiger partial charge on any atom is 0.227 e. The van der Waals surface area contributed by atoms with Crippen LogP contribution in [0.2, 0.25) is 5.02 Å². The van der Waals surface area contributed by atoms with Gasteiger partial charge in [0.05, 0.1) is 11.6 Å². The molecule has 2 aromatic carbocycles. The summed E-state index contributed by atoms with van der Waals surface area (Å²) in [4.78, 5) is 25.6. The molecule has 4 nitrogen and oxygen atoms in total. The molecule has 1 atom stereocenters. The Morgan fingerprint density at radius 2 is 2.00 bits per heavy atom. The summed E-state index contributed by atoms with van der Waals surface area (Å²) < 4.78 is 26.9. The van der Waals surface area contributed by atoms with Crippen LogP contribution in [0.5, 0.6) is 0 Å². The molecule has 130 valence electrons. The Balaban J connectivity index is 1.65. The van der Waals surface area contributed by atoms with Crippen molar-refractivity contribution < 1.29 is 18.4 Å². The van der Waals surface area contributed by atoms with Crippen molar-refractivity contribution in [2.24, 2.45) is 5.92 Å². The fraction of sp³-hybridized carbons (Fsp3) is 0.222. The van der Waals surface area contributed by atoms with E-state index in [-0.39, 0.29) is 37.0 Å². The Kier molecular flexibility index (Phi) is 4.99. The highest BCUT2D eigenvalue weighted by Gasteiger charge is 2.36. The summed E-state index contributed by atoms with van der Waals surface area (Å²) in [7, 11) is 0. The minimum Gasteiger partial charge on any atom is -0.352 e. The van der Waals surface area contributed by atoms with E-state index in [2.05, 4.69) is 5.32 Å². The molecular weight excluding hydrogens is 350 g/mol. The van der Waals surface area contributed by atoms with Crippen molar-refractivity contribution in [2.45, 2.75) is 13.0 Å². The average Bonchev–Trinajstić information content (AvgIpc) is 2.96. The molecule has 7 heteroatoms. The number of nitrogens with zero attached hydrogens (tertiary/aromatic N) is 1. The lowest BCUT2D eigenvalue weighted by molar-refractivity contribution is -0.126. The van der Waals surface area contributed by atoms with E-state index in [1.165, 1.54) is 11.0 Å². The van der Waals surface area contributed by atoms with E-state index in [4.69, 9.17) is 11.6 Å². The number of hydrogen-bond acceptors (Lipinski definition) is 2. The smallest absolute Gasteiger partial charge is 0.227 e. The first-order chi connectivity index (χ1) is 12.0. The first-order valence-electron chi connectivity index (χ1n) is 7.72. The first kappa shape index (κ1) is 17.4. The third-order valence-electron chi connectivity index (χ3n) is 4.11. The molecule has 2 aromatic rings. The molecule has 0 aromatic heterocycles. The zero-order valence-corrected chi connectivity index (χ0v) is 13.9. The number of anilines is 1. The predicted molar refractivity (Wildman–Crippen MR) is 90.1 cm³/mol.